The summed E-state index contributed by atoms with van der Waals surface area (Å²) < 4.78 is 44.8. The number of ether oxygens (including phenoxy) is 1. The van der Waals surface area contributed by atoms with Crippen molar-refractivity contribution >= 4 is 5.91 Å². The Morgan fingerprint density at radius 2 is 1.78 bits per heavy atom. The number of halogens is 3. The van der Waals surface area contributed by atoms with Crippen molar-refractivity contribution < 1.29 is 22.7 Å². The normalized spacial score (nSPS) is 18.0. The van der Waals surface area contributed by atoms with Crippen molar-refractivity contribution in [3.63, 3.8) is 0 Å². The molecule has 1 saturated heterocycles. The molecule has 0 spiro atoms. The minimum atomic E-state index is -1.06. The molecule has 1 fully saturated rings. The van der Waals surface area contributed by atoms with Crippen molar-refractivity contribution in [1.29, 1.82) is 0 Å². The molecule has 23 heavy (non-hydrogen) atoms. The lowest BCUT2D eigenvalue weighted by molar-refractivity contribution is -0.0228. The summed E-state index contributed by atoms with van der Waals surface area (Å²) in [6.07, 6.45) is -0.376. The highest BCUT2D eigenvalue weighted by atomic mass is 19.2. The van der Waals surface area contributed by atoms with Gasteiger partial charge in [0, 0.05) is 12.1 Å². The third-order valence-electron chi connectivity index (χ3n) is 3.76. The molecule has 2 aromatic rings. The minimum Gasteiger partial charge on any atom is -0.370 e. The van der Waals surface area contributed by atoms with E-state index in [0.29, 0.717) is 13.2 Å². The predicted octanol–water partition coefficient (Wildman–Crippen LogP) is 3.32. The Morgan fingerprint density at radius 1 is 1.04 bits per heavy atom. The second-order valence-corrected chi connectivity index (χ2v) is 5.29. The van der Waals surface area contributed by atoms with Crippen LogP contribution in [0.25, 0.3) is 0 Å². The third kappa shape index (κ3) is 3.37. The summed E-state index contributed by atoms with van der Waals surface area (Å²) in [5.74, 6) is -2.79. The maximum atomic E-state index is 13.3. The minimum absolute atomic E-state index is 0.0867. The molecule has 2 aromatic carbocycles. The van der Waals surface area contributed by atoms with Gasteiger partial charge in [0.1, 0.15) is 11.9 Å². The Balaban J connectivity index is 1.76. The summed E-state index contributed by atoms with van der Waals surface area (Å²) in [6.45, 7) is 0.941. The third-order valence-corrected chi connectivity index (χ3v) is 3.76. The smallest absolute Gasteiger partial charge is 0.254 e. The quantitative estimate of drug-likeness (QED) is 0.849. The van der Waals surface area contributed by atoms with E-state index in [4.69, 9.17) is 4.74 Å². The number of amides is 1. The van der Waals surface area contributed by atoms with Crippen molar-refractivity contribution in [2.24, 2.45) is 0 Å². The molecule has 0 aliphatic carbocycles. The van der Waals surface area contributed by atoms with Gasteiger partial charge in [0.05, 0.1) is 13.2 Å². The van der Waals surface area contributed by atoms with Crippen LogP contribution in [0.5, 0.6) is 0 Å². The van der Waals surface area contributed by atoms with E-state index < -0.39 is 11.6 Å². The molecule has 1 heterocycles. The van der Waals surface area contributed by atoms with E-state index in [1.165, 1.54) is 23.1 Å². The fourth-order valence-electron chi connectivity index (χ4n) is 2.52. The van der Waals surface area contributed by atoms with Crippen molar-refractivity contribution in [1.82, 2.24) is 4.90 Å². The fourth-order valence-corrected chi connectivity index (χ4v) is 2.52. The van der Waals surface area contributed by atoms with Crippen LogP contribution in [-0.2, 0) is 4.74 Å². The van der Waals surface area contributed by atoms with Gasteiger partial charge >= 0.3 is 0 Å². The van der Waals surface area contributed by atoms with Crippen LogP contribution in [0.15, 0.2) is 42.5 Å². The predicted molar refractivity (Wildman–Crippen MR) is 77.4 cm³/mol. The number of morpholine rings is 1. The van der Waals surface area contributed by atoms with E-state index in [-0.39, 0.29) is 29.9 Å². The highest BCUT2D eigenvalue weighted by molar-refractivity contribution is 5.94. The van der Waals surface area contributed by atoms with E-state index in [2.05, 4.69) is 0 Å². The van der Waals surface area contributed by atoms with Crippen LogP contribution in [0.2, 0.25) is 0 Å². The number of hydrogen-bond donors (Lipinski definition) is 0. The van der Waals surface area contributed by atoms with Gasteiger partial charge in [-0.3, -0.25) is 4.79 Å². The summed E-state index contributed by atoms with van der Waals surface area (Å²) in [5, 5.41) is 0. The maximum Gasteiger partial charge on any atom is 0.254 e. The van der Waals surface area contributed by atoms with Crippen molar-refractivity contribution in [3.8, 4) is 0 Å². The first-order valence-corrected chi connectivity index (χ1v) is 7.16. The van der Waals surface area contributed by atoms with E-state index in [1.54, 1.807) is 12.1 Å². The molecule has 3 rings (SSSR count). The zero-order valence-electron chi connectivity index (χ0n) is 12.1. The number of carbonyl (C=O) groups excluding carboxylic acids is 1. The number of nitrogens with zero attached hydrogens (tertiary/aromatic N) is 1. The van der Waals surface area contributed by atoms with Crippen LogP contribution in [0.1, 0.15) is 22.0 Å². The fraction of sp³-hybridized carbons (Fsp3) is 0.235. The summed E-state index contributed by atoms with van der Waals surface area (Å²) in [5.41, 5.74) is 0.845. The number of hydrogen-bond acceptors (Lipinski definition) is 2. The number of benzene rings is 2. The van der Waals surface area contributed by atoms with Crippen molar-refractivity contribution in [2.75, 3.05) is 19.7 Å². The molecular weight excluding hydrogens is 307 g/mol. The maximum absolute atomic E-state index is 13.3. The van der Waals surface area contributed by atoms with Gasteiger partial charge in [-0.15, -0.1) is 0 Å². The van der Waals surface area contributed by atoms with Gasteiger partial charge in [-0.05, 0) is 35.9 Å². The Bertz CT molecular complexity index is 718. The number of carbonyl (C=O) groups is 1. The zero-order valence-corrected chi connectivity index (χ0v) is 12.1. The van der Waals surface area contributed by atoms with E-state index in [1.807, 2.05) is 0 Å². The molecule has 3 nitrogen and oxygen atoms in total. The van der Waals surface area contributed by atoms with Crippen LogP contribution in [0.4, 0.5) is 13.2 Å². The van der Waals surface area contributed by atoms with Gasteiger partial charge in [-0.1, -0.05) is 12.1 Å². The SMILES string of the molecule is O=C(c1ccc(F)c(F)c1)N1CCOC(c2ccc(F)cc2)C1. The van der Waals surface area contributed by atoms with Crippen LogP contribution in [0, 0.1) is 17.5 Å². The molecule has 0 bridgehead atoms. The average Bonchev–Trinajstić information content (AvgIpc) is 2.57. The van der Waals surface area contributed by atoms with Crippen LogP contribution in [-0.4, -0.2) is 30.5 Å². The van der Waals surface area contributed by atoms with Crippen molar-refractivity contribution in [2.45, 2.75) is 6.10 Å². The first-order valence-electron chi connectivity index (χ1n) is 7.16. The Kier molecular flexibility index (Phi) is 4.34. The summed E-state index contributed by atoms with van der Waals surface area (Å²) in [7, 11) is 0. The van der Waals surface area contributed by atoms with Gasteiger partial charge in [-0.2, -0.15) is 0 Å². The Morgan fingerprint density at radius 3 is 2.48 bits per heavy atom. The molecule has 120 valence electrons. The first kappa shape index (κ1) is 15.6. The lowest BCUT2D eigenvalue weighted by Crippen LogP contribution is -2.42. The summed E-state index contributed by atoms with van der Waals surface area (Å²) in [6, 6.07) is 8.93. The largest absolute Gasteiger partial charge is 0.370 e. The van der Waals surface area contributed by atoms with Crippen LogP contribution < -0.4 is 0 Å². The number of rotatable bonds is 2. The highest BCUT2D eigenvalue weighted by Crippen LogP contribution is 2.24. The molecule has 1 unspecified atom stereocenters. The molecule has 0 N–H and O–H groups in total. The lowest BCUT2D eigenvalue weighted by atomic mass is 10.1. The van der Waals surface area contributed by atoms with Gasteiger partial charge in [0.25, 0.3) is 5.91 Å². The van der Waals surface area contributed by atoms with Gasteiger partial charge in [0.15, 0.2) is 11.6 Å². The van der Waals surface area contributed by atoms with Crippen LogP contribution in [0.3, 0.4) is 0 Å². The topological polar surface area (TPSA) is 29.5 Å². The summed E-state index contributed by atoms with van der Waals surface area (Å²) >= 11 is 0. The molecule has 0 saturated carbocycles. The Labute approximate surface area is 131 Å². The molecule has 1 aliphatic rings. The van der Waals surface area contributed by atoms with Crippen LogP contribution >= 0.6 is 0 Å². The standard InChI is InChI=1S/C17H14F3NO2/c18-13-4-1-11(2-5-13)16-10-21(7-8-23-16)17(22)12-3-6-14(19)15(20)9-12/h1-6,9,16H,7-8,10H2. The van der Waals surface area contributed by atoms with E-state index >= 15 is 0 Å². The molecule has 0 aromatic heterocycles. The first-order chi connectivity index (χ1) is 11.0. The monoisotopic (exact) mass is 321 g/mol. The average molecular weight is 321 g/mol. The second-order valence-electron chi connectivity index (χ2n) is 5.29. The van der Waals surface area contributed by atoms with Gasteiger partial charge < -0.3 is 9.64 Å². The second kappa shape index (κ2) is 6.42. The molecule has 6 heteroatoms. The summed E-state index contributed by atoms with van der Waals surface area (Å²) in [4.78, 5) is 13.9. The molecular formula is C17H14F3NO2. The molecule has 0 radical (unpaired) electrons. The lowest BCUT2D eigenvalue weighted by Gasteiger charge is -2.33. The molecule has 1 aliphatic heterocycles. The van der Waals surface area contributed by atoms with Gasteiger partial charge in [-0.25, -0.2) is 13.2 Å². The van der Waals surface area contributed by atoms with Gasteiger partial charge in [0.2, 0.25) is 0 Å². The molecule has 1 atom stereocenters. The molecule has 1 amide bonds. The van der Waals surface area contributed by atoms with E-state index in [0.717, 1.165) is 17.7 Å². The zero-order chi connectivity index (χ0) is 16.4. The Hall–Kier alpha value is -2.34. The van der Waals surface area contributed by atoms with Crippen molar-refractivity contribution in [3.05, 3.63) is 71.0 Å². The van der Waals surface area contributed by atoms with E-state index in [9.17, 15) is 18.0 Å². The highest BCUT2D eigenvalue weighted by Gasteiger charge is 2.26.